The Balaban J connectivity index is 2.29. The van der Waals surface area contributed by atoms with Crippen molar-refractivity contribution >= 4 is 21.8 Å². The Bertz CT molecular complexity index is 736. The summed E-state index contributed by atoms with van der Waals surface area (Å²) in [7, 11) is 1.49. The lowest BCUT2D eigenvalue weighted by Gasteiger charge is -2.21. The highest BCUT2D eigenvalue weighted by atomic mass is 79.9. The Kier molecular flexibility index (Phi) is 6.90. The van der Waals surface area contributed by atoms with Crippen molar-refractivity contribution < 1.29 is 18.3 Å². The van der Waals surface area contributed by atoms with E-state index in [0.29, 0.717) is 22.3 Å². The number of hydrogen-bond donors (Lipinski definition) is 2. The fraction of sp³-hybridized carbons (Fsp3) is 0.278. The Morgan fingerprint density at radius 1 is 1.24 bits per heavy atom. The number of likely N-dealkylation sites (N-methyl/N-ethyl adjacent to an activating group) is 1. The monoisotopic (exact) mass is 412 g/mol. The molecule has 0 radical (unpaired) electrons. The van der Waals surface area contributed by atoms with Crippen LogP contribution >= 0.6 is 15.9 Å². The molecule has 0 aliphatic rings. The molecule has 0 spiro atoms. The van der Waals surface area contributed by atoms with Gasteiger partial charge >= 0.3 is 0 Å². The third-order valence-corrected chi connectivity index (χ3v) is 4.32. The smallest absolute Gasteiger partial charge is 0.251 e. The second kappa shape index (κ2) is 8.92. The molecular formula is C18H19BrF2N2O2. The van der Waals surface area contributed by atoms with Crippen molar-refractivity contribution in [1.29, 1.82) is 0 Å². The van der Waals surface area contributed by atoms with Crippen LogP contribution < -0.4 is 15.4 Å². The van der Waals surface area contributed by atoms with E-state index >= 15 is 0 Å². The van der Waals surface area contributed by atoms with Crippen LogP contribution in [0.15, 0.2) is 40.9 Å². The molecule has 25 heavy (non-hydrogen) atoms. The first kappa shape index (κ1) is 19.3. The maximum atomic E-state index is 14.1. The molecule has 2 aromatic carbocycles. The maximum absolute atomic E-state index is 14.1. The number of rotatable bonds is 7. The molecular weight excluding hydrogens is 394 g/mol. The summed E-state index contributed by atoms with van der Waals surface area (Å²) < 4.78 is 34.1. The highest BCUT2D eigenvalue weighted by Gasteiger charge is 2.22. The third kappa shape index (κ3) is 4.76. The van der Waals surface area contributed by atoms with Crippen molar-refractivity contribution in [2.45, 2.75) is 13.0 Å². The lowest BCUT2D eigenvalue weighted by molar-refractivity contribution is 0.0934. The summed E-state index contributed by atoms with van der Waals surface area (Å²) in [5, 5.41) is 5.69. The topological polar surface area (TPSA) is 50.4 Å². The fourth-order valence-electron chi connectivity index (χ4n) is 2.40. The van der Waals surface area contributed by atoms with Gasteiger partial charge in [-0.3, -0.25) is 4.79 Å². The number of carbonyl (C=O) groups excluding carboxylic acids is 1. The largest absolute Gasteiger partial charge is 0.496 e. The molecule has 0 saturated heterocycles. The van der Waals surface area contributed by atoms with E-state index in [9.17, 15) is 13.6 Å². The van der Waals surface area contributed by atoms with Crippen molar-refractivity contribution in [2.24, 2.45) is 0 Å². The van der Waals surface area contributed by atoms with Gasteiger partial charge in [-0.25, -0.2) is 8.78 Å². The van der Waals surface area contributed by atoms with Gasteiger partial charge in [-0.1, -0.05) is 13.0 Å². The maximum Gasteiger partial charge on any atom is 0.251 e. The zero-order valence-corrected chi connectivity index (χ0v) is 15.5. The minimum atomic E-state index is -0.844. The highest BCUT2D eigenvalue weighted by Crippen LogP contribution is 2.26. The summed E-state index contributed by atoms with van der Waals surface area (Å²) >= 11 is 3.31. The van der Waals surface area contributed by atoms with Gasteiger partial charge in [0.15, 0.2) is 0 Å². The van der Waals surface area contributed by atoms with Gasteiger partial charge in [0, 0.05) is 17.7 Å². The molecule has 2 aromatic rings. The average Bonchev–Trinajstić information content (AvgIpc) is 2.59. The molecule has 134 valence electrons. The number of hydrogen-bond acceptors (Lipinski definition) is 3. The van der Waals surface area contributed by atoms with Crippen LogP contribution in [0.1, 0.15) is 28.9 Å². The van der Waals surface area contributed by atoms with E-state index in [0.717, 1.165) is 0 Å². The number of carbonyl (C=O) groups is 1. The molecule has 1 amide bonds. The van der Waals surface area contributed by atoms with E-state index in [1.165, 1.54) is 25.3 Å². The molecule has 1 unspecified atom stereocenters. The lowest BCUT2D eigenvalue weighted by atomic mass is 10.0. The van der Waals surface area contributed by atoms with E-state index in [1.807, 2.05) is 6.92 Å². The van der Waals surface area contributed by atoms with Gasteiger partial charge in [-0.15, -0.1) is 0 Å². The van der Waals surface area contributed by atoms with E-state index in [4.69, 9.17) is 4.74 Å². The first-order chi connectivity index (χ1) is 12.0. The zero-order chi connectivity index (χ0) is 18.4. The normalized spacial score (nSPS) is 11.9. The van der Waals surface area contributed by atoms with Gasteiger partial charge < -0.3 is 15.4 Å². The predicted molar refractivity (Wildman–Crippen MR) is 95.8 cm³/mol. The van der Waals surface area contributed by atoms with Crippen LogP contribution in [-0.4, -0.2) is 26.1 Å². The standard InChI is InChI=1S/C18H19BrF2N2O2/c1-3-22-10-15(17-13(20)5-4-6-14(17)21)23-18(24)11-7-8-12(19)16(9-11)25-2/h4-9,15,22H,3,10H2,1-2H3,(H,23,24). The van der Waals surface area contributed by atoms with Crippen LogP contribution in [0.4, 0.5) is 8.78 Å². The number of benzene rings is 2. The first-order valence-electron chi connectivity index (χ1n) is 7.77. The van der Waals surface area contributed by atoms with E-state index in [2.05, 4.69) is 26.6 Å². The molecule has 0 aromatic heterocycles. The SMILES string of the molecule is CCNCC(NC(=O)c1ccc(Br)c(OC)c1)c1c(F)cccc1F. The van der Waals surface area contributed by atoms with E-state index in [1.54, 1.807) is 18.2 Å². The van der Waals surface area contributed by atoms with Crippen LogP contribution in [0.2, 0.25) is 0 Å². The van der Waals surface area contributed by atoms with Crippen LogP contribution in [-0.2, 0) is 0 Å². The fourth-order valence-corrected chi connectivity index (χ4v) is 2.81. The molecule has 0 bridgehead atoms. The van der Waals surface area contributed by atoms with Crippen LogP contribution in [0, 0.1) is 11.6 Å². The Hall–Kier alpha value is -1.99. The molecule has 0 aliphatic heterocycles. The molecule has 2 rings (SSSR count). The number of amides is 1. The number of ether oxygens (including phenoxy) is 1. The minimum absolute atomic E-state index is 0.166. The molecule has 0 heterocycles. The van der Waals surface area contributed by atoms with E-state index < -0.39 is 23.6 Å². The van der Waals surface area contributed by atoms with Crippen LogP contribution in [0.3, 0.4) is 0 Å². The Morgan fingerprint density at radius 2 is 1.92 bits per heavy atom. The first-order valence-corrected chi connectivity index (χ1v) is 8.56. The van der Waals surface area contributed by atoms with Crippen molar-refractivity contribution in [1.82, 2.24) is 10.6 Å². The highest BCUT2D eigenvalue weighted by molar-refractivity contribution is 9.10. The summed E-state index contributed by atoms with van der Waals surface area (Å²) in [5.74, 6) is -1.35. The quantitative estimate of drug-likeness (QED) is 0.726. The molecule has 0 saturated carbocycles. The number of halogens is 3. The Labute approximate surface area is 153 Å². The summed E-state index contributed by atoms with van der Waals surface area (Å²) in [6.07, 6.45) is 0. The molecule has 0 aliphatic carbocycles. The molecule has 7 heteroatoms. The van der Waals surface area contributed by atoms with E-state index in [-0.39, 0.29) is 12.1 Å². The second-order valence-electron chi connectivity index (χ2n) is 5.32. The second-order valence-corrected chi connectivity index (χ2v) is 6.17. The lowest BCUT2D eigenvalue weighted by Crippen LogP contribution is -2.36. The van der Waals surface area contributed by atoms with Gasteiger partial charge in [0.25, 0.3) is 5.91 Å². The van der Waals surface area contributed by atoms with Gasteiger partial charge in [0.1, 0.15) is 17.4 Å². The van der Waals surface area contributed by atoms with Gasteiger partial charge in [0.2, 0.25) is 0 Å². The number of methoxy groups -OCH3 is 1. The zero-order valence-electron chi connectivity index (χ0n) is 13.9. The van der Waals surface area contributed by atoms with Gasteiger partial charge in [-0.2, -0.15) is 0 Å². The number of nitrogens with one attached hydrogen (secondary N) is 2. The minimum Gasteiger partial charge on any atom is -0.496 e. The van der Waals surface area contributed by atoms with Crippen LogP contribution in [0.25, 0.3) is 0 Å². The molecule has 1 atom stereocenters. The predicted octanol–water partition coefficient (Wildman–Crippen LogP) is 3.82. The average molecular weight is 413 g/mol. The Morgan fingerprint density at radius 3 is 2.52 bits per heavy atom. The summed E-state index contributed by atoms with van der Waals surface area (Å²) in [6.45, 7) is 2.68. The van der Waals surface area contributed by atoms with Crippen molar-refractivity contribution in [2.75, 3.05) is 20.2 Å². The van der Waals surface area contributed by atoms with Gasteiger partial charge in [-0.05, 0) is 52.8 Å². The molecule has 2 N–H and O–H groups in total. The molecule has 4 nitrogen and oxygen atoms in total. The summed E-state index contributed by atoms with van der Waals surface area (Å²) in [5.41, 5.74) is 0.166. The van der Waals surface area contributed by atoms with Crippen LogP contribution in [0.5, 0.6) is 5.75 Å². The third-order valence-electron chi connectivity index (χ3n) is 3.67. The van der Waals surface area contributed by atoms with Gasteiger partial charge in [0.05, 0.1) is 17.6 Å². The summed E-state index contributed by atoms with van der Waals surface area (Å²) in [6, 6.07) is 7.63. The van der Waals surface area contributed by atoms with Crippen molar-refractivity contribution in [3.63, 3.8) is 0 Å². The van der Waals surface area contributed by atoms with Crippen molar-refractivity contribution in [3.05, 3.63) is 63.6 Å². The molecule has 0 fully saturated rings. The summed E-state index contributed by atoms with van der Waals surface area (Å²) in [4.78, 5) is 12.5. The van der Waals surface area contributed by atoms with Crippen molar-refractivity contribution in [3.8, 4) is 5.75 Å².